The number of hydrazone groups is 1. The number of carbonyl (C=O) groups excluding carboxylic acids is 3. The topological polar surface area (TPSA) is 146 Å². The van der Waals surface area contributed by atoms with Crippen molar-refractivity contribution in [2.75, 3.05) is 26.9 Å². The lowest BCUT2D eigenvalue weighted by molar-refractivity contribution is -0.139. The number of carbonyl (C=O) groups is 3. The van der Waals surface area contributed by atoms with E-state index in [0.29, 0.717) is 46.9 Å². The molecule has 13 heteroatoms. The third kappa shape index (κ3) is 9.60. The van der Waals surface area contributed by atoms with Gasteiger partial charge in [0, 0.05) is 11.3 Å². The van der Waals surface area contributed by atoms with Gasteiger partial charge in [-0.25, -0.2) is 19.4 Å². The van der Waals surface area contributed by atoms with E-state index in [9.17, 15) is 18.8 Å². The molecule has 0 saturated heterocycles. The average Bonchev–Trinajstić information content (AvgIpc) is 3.07. The molecule has 1 aliphatic rings. The molecule has 1 heterocycles. The molecule has 0 spiro atoms. The summed E-state index contributed by atoms with van der Waals surface area (Å²) in [4.78, 5) is 37.5. The number of urea groups is 1. The number of esters is 1. The molecule has 3 aromatic rings. The fourth-order valence-electron chi connectivity index (χ4n) is 5.03. The van der Waals surface area contributed by atoms with Crippen LogP contribution in [0.5, 0.6) is 23.0 Å². The highest BCUT2D eigenvalue weighted by molar-refractivity contribution is 5.95. The SMILES string of the molecule is C=CCc1cc(/C=N\NC(=O)COc2ccc([C@@H]3NC(=O)NC(C)=C3C(=O)OCC)cc2OC)cc(OCC)c1OCc1cccc(F)c1. The Hall–Kier alpha value is -5.85. The Balaban J connectivity index is 1.43. The van der Waals surface area contributed by atoms with Crippen LogP contribution in [-0.2, 0) is 27.4 Å². The monoisotopic (exact) mass is 674 g/mol. The van der Waals surface area contributed by atoms with Gasteiger partial charge in [0.15, 0.2) is 29.6 Å². The Bertz CT molecular complexity index is 1760. The summed E-state index contributed by atoms with van der Waals surface area (Å²) < 4.78 is 41.9. The Morgan fingerprint density at radius 3 is 2.55 bits per heavy atom. The second-order valence-corrected chi connectivity index (χ2v) is 10.6. The van der Waals surface area contributed by atoms with Crippen LogP contribution in [0.1, 0.15) is 49.1 Å². The molecule has 3 N–H and O–H groups in total. The smallest absolute Gasteiger partial charge is 0.338 e. The van der Waals surface area contributed by atoms with Gasteiger partial charge in [-0.15, -0.1) is 6.58 Å². The molecule has 0 aliphatic carbocycles. The summed E-state index contributed by atoms with van der Waals surface area (Å²) in [6.45, 7) is 9.28. The number of methoxy groups -OCH3 is 1. The van der Waals surface area contributed by atoms with Crippen LogP contribution in [0.2, 0.25) is 0 Å². The van der Waals surface area contributed by atoms with Crippen molar-refractivity contribution in [2.45, 2.75) is 39.8 Å². The van der Waals surface area contributed by atoms with E-state index in [4.69, 9.17) is 23.7 Å². The van der Waals surface area contributed by atoms with E-state index in [1.165, 1.54) is 25.5 Å². The fourth-order valence-corrected chi connectivity index (χ4v) is 5.03. The van der Waals surface area contributed by atoms with Crippen molar-refractivity contribution in [3.05, 3.63) is 107 Å². The molecule has 3 aromatic carbocycles. The molecule has 49 heavy (non-hydrogen) atoms. The molecular weight excluding hydrogens is 635 g/mol. The summed E-state index contributed by atoms with van der Waals surface area (Å²) in [6, 6.07) is 13.3. The summed E-state index contributed by atoms with van der Waals surface area (Å²) in [5.41, 5.74) is 5.68. The zero-order valence-electron chi connectivity index (χ0n) is 27.8. The van der Waals surface area contributed by atoms with Gasteiger partial charge < -0.3 is 34.3 Å². The first-order chi connectivity index (χ1) is 23.7. The minimum atomic E-state index is -0.794. The summed E-state index contributed by atoms with van der Waals surface area (Å²) in [5, 5.41) is 9.39. The zero-order valence-corrected chi connectivity index (χ0v) is 27.8. The Morgan fingerprint density at radius 1 is 1.02 bits per heavy atom. The molecule has 3 amide bonds. The number of hydrogen-bond acceptors (Lipinski definition) is 9. The Labute approximate surface area is 283 Å². The summed E-state index contributed by atoms with van der Waals surface area (Å²) in [7, 11) is 1.43. The number of ether oxygens (including phenoxy) is 5. The van der Waals surface area contributed by atoms with Gasteiger partial charge in [0.2, 0.25) is 0 Å². The maximum Gasteiger partial charge on any atom is 0.338 e. The van der Waals surface area contributed by atoms with Gasteiger partial charge in [-0.1, -0.05) is 24.3 Å². The first kappa shape index (κ1) is 36.0. The quantitative estimate of drug-likeness (QED) is 0.0808. The normalized spacial score (nSPS) is 14.1. The molecule has 1 atom stereocenters. The minimum Gasteiger partial charge on any atom is -0.493 e. The maximum absolute atomic E-state index is 13.7. The highest BCUT2D eigenvalue weighted by atomic mass is 19.1. The molecule has 0 radical (unpaired) electrons. The number of rotatable bonds is 16. The van der Waals surface area contributed by atoms with E-state index in [2.05, 4.69) is 27.7 Å². The van der Waals surface area contributed by atoms with Crippen molar-refractivity contribution in [2.24, 2.45) is 5.10 Å². The Morgan fingerprint density at radius 2 is 1.84 bits per heavy atom. The number of nitrogens with one attached hydrogen (secondary N) is 3. The summed E-state index contributed by atoms with van der Waals surface area (Å²) in [5.74, 6) is 0.0535. The number of hydrogen-bond donors (Lipinski definition) is 3. The number of allylic oxidation sites excluding steroid dienone is 2. The average molecular weight is 675 g/mol. The van der Waals surface area contributed by atoms with E-state index in [1.807, 2.05) is 13.0 Å². The molecule has 0 saturated carbocycles. The second-order valence-electron chi connectivity index (χ2n) is 10.6. The van der Waals surface area contributed by atoms with Crippen LogP contribution in [-0.4, -0.2) is 51.1 Å². The molecule has 0 unspecified atom stereocenters. The largest absolute Gasteiger partial charge is 0.493 e. The number of amides is 3. The van der Waals surface area contributed by atoms with Crippen molar-refractivity contribution >= 4 is 24.1 Å². The summed E-state index contributed by atoms with van der Waals surface area (Å²) >= 11 is 0. The molecular formula is C36H39FN4O8. The van der Waals surface area contributed by atoms with Gasteiger partial charge in [0.05, 0.1) is 38.2 Å². The molecule has 0 fully saturated rings. The molecule has 4 rings (SSSR count). The third-order valence-corrected chi connectivity index (χ3v) is 7.14. The van der Waals surface area contributed by atoms with Crippen molar-refractivity contribution in [1.29, 1.82) is 0 Å². The van der Waals surface area contributed by atoms with Crippen LogP contribution >= 0.6 is 0 Å². The van der Waals surface area contributed by atoms with Crippen molar-refractivity contribution in [1.82, 2.24) is 16.1 Å². The van der Waals surface area contributed by atoms with Gasteiger partial charge in [0.25, 0.3) is 5.91 Å². The van der Waals surface area contributed by atoms with Crippen LogP contribution in [0.15, 0.2) is 83.6 Å². The lowest BCUT2D eigenvalue weighted by atomic mass is 9.95. The molecule has 0 bridgehead atoms. The van der Waals surface area contributed by atoms with Crippen LogP contribution < -0.4 is 35.0 Å². The highest BCUT2D eigenvalue weighted by Crippen LogP contribution is 2.36. The molecule has 0 aromatic heterocycles. The molecule has 258 valence electrons. The van der Waals surface area contributed by atoms with E-state index in [-0.39, 0.29) is 42.7 Å². The van der Waals surface area contributed by atoms with E-state index < -0.39 is 23.9 Å². The predicted octanol–water partition coefficient (Wildman–Crippen LogP) is 5.26. The number of nitrogens with zero attached hydrogens (tertiary/aromatic N) is 1. The lowest BCUT2D eigenvalue weighted by Gasteiger charge is -2.28. The van der Waals surface area contributed by atoms with Crippen LogP contribution in [0.3, 0.4) is 0 Å². The van der Waals surface area contributed by atoms with Gasteiger partial charge in [-0.05, 0) is 80.3 Å². The first-order valence-corrected chi connectivity index (χ1v) is 15.5. The first-order valence-electron chi connectivity index (χ1n) is 15.5. The predicted molar refractivity (Wildman–Crippen MR) is 180 cm³/mol. The lowest BCUT2D eigenvalue weighted by Crippen LogP contribution is -2.45. The van der Waals surface area contributed by atoms with Crippen molar-refractivity contribution < 1.29 is 42.5 Å². The Kier molecular flexibility index (Phi) is 12.7. The van der Waals surface area contributed by atoms with Gasteiger partial charge in [-0.3, -0.25) is 4.79 Å². The van der Waals surface area contributed by atoms with Crippen molar-refractivity contribution in [3.8, 4) is 23.0 Å². The van der Waals surface area contributed by atoms with Crippen LogP contribution in [0.25, 0.3) is 0 Å². The standard InChI is InChI=1S/C36H39FN4O8/c1-6-10-26-15-24(17-30(46-7-2)34(26)49-20-23-11-9-12-27(37)16-23)19-38-41-31(42)21-48-28-14-13-25(18-29(28)45-5)33-32(35(43)47-8-3)22(4)39-36(44)40-33/h6,9,11-19,33H,1,7-8,10,20-21H2,2-5H3,(H,41,42)(H2,39,40,44)/b38-19-/t33-/m0/s1. The van der Waals surface area contributed by atoms with E-state index >= 15 is 0 Å². The minimum absolute atomic E-state index is 0.138. The van der Waals surface area contributed by atoms with Gasteiger partial charge in [0.1, 0.15) is 12.4 Å². The van der Waals surface area contributed by atoms with Gasteiger partial charge >= 0.3 is 12.0 Å². The highest BCUT2D eigenvalue weighted by Gasteiger charge is 2.32. The maximum atomic E-state index is 13.7. The third-order valence-electron chi connectivity index (χ3n) is 7.14. The second kappa shape index (κ2) is 17.3. The molecule has 12 nitrogen and oxygen atoms in total. The van der Waals surface area contributed by atoms with Crippen LogP contribution in [0.4, 0.5) is 9.18 Å². The number of benzene rings is 3. The summed E-state index contributed by atoms with van der Waals surface area (Å²) in [6.07, 6.45) is 3.65. The fraction of sp³-hybridized carbons (Fsp3) is 0.278. The molecule has 1 aliphatic heterocycles. The van der Waals surface area contributed by atoms with Crippen molar-refractivity contribution in [3.63, 3.8) is 0 Å². The zero-order chi connectivity index (χ0) is 35.3. The van der Waals surface area contributed by atoms with Gasteiger partial charge in [-0.2, -0.15) is 5.10 Å². The van der Waals surface area contributed by atoms with E-state index in [1.54, 1.807) is 56.3 Å². The van der Waals surface area contributed by atoms with E-state index in [0.717, 1.165) is 5.56 Å². The van der Waals surface area contributed by atoms with Crippen LogP contribution in [0, 0.1) is 5.82 Å². The number of halogens is 1.